The quantitative estimate of drug-likeness (QED) is 0.910. The minimum absolute atomic E-state index is 0.247. The number of nitrogens with zero attached hydrogens (tertiary/aromatic N) is 4. The van der Waals surface area contributed by atoms with Gasteiger partial charge in [0, 0.05) is 19.3 Å². The summed E-state index contributed by atoms with van der Waals surface area (Å²) in [5, 5.41) is 14.5. The summed E-state index contributed by atoms with van der Waals surface area (Å²) in [6.07, 6.45) is 2.16. The number of carbonyl (C=O) groups is 2. The summed E-state index contributed by atoms with van der Waals surface area (Å²) in [5.41, 5.74) is 2.58. The molecule has 3 heterocycles. The predicted molar refractivity (Wildman–Crippen MR) is 84.3 cm³/mol. The molecule has 0 aromatic carbocycles. The predicted octanol–water partition coefficient (Wildman–Crippen LogP) is 1.66. The molecule has 7 heteroatoms. The lowest BCUT2D eigenvalue weighted by molar-refractivity contribution is -0.143. The smallest absolute Gasteiger partial charge is 0.326 e. The van der Waals surface area contributed by atoms with Gasteiger partial charge in [-0.2, -0.15) is 5.10 Å². The van der Waals surface area contributed by atoms with Gasteiger partial charge in [-0.15, -0.1) is 0 Å². The molecule has 1 atom stereocenters. The normalized spacial score (nSPS) is 18.4. The second-order valence-corrected chi connectivity index (χ2v) is 6.07. The van der Waals surface area contributed by atoms with E-state index >= 15 is 0 Å². The average molecular weight is 316 g/mol. The van der Waals surface area contributed by atoms with Crippen LogP contribution in [0.3, 0.4) is 0 Å². The highest BCUT2D eigenvalue weighted by atomic mass is 16.4. The number of pyridine rings is 1. The van der Waals surface area contributed by atoms with Gasteiger partial charge < -0.3 is 10.0 Å². The van der Waals surface area contributed by atoms with E-state index in [1.807, 2.05) is 13.8 Å². The van der Waals surface area contributed by atoms with E-state index in [4.69, 9.17) is 0 Å². The monoisotopic (exact) mass is 316 g/mol. The Hall–Kier alpha value is -2.44. The molecule has 2 aromatic heterocycles. The number of hydrogen-bond donors (Lipinski definition) is 1. The van der Waals surface area contributed by atoms with E-state index in [1.165, 1.54) is 4.90 Å². The van der Waals surface area contributed by atoms with Crippen molar-refractivity contribution in [2.45, 2.75) is 39.2 Å². The van der Waals surface area contributed by atoms with Gasteiger partial charge in [-0.1, -0.05) is 0 Å². The van der Waals surface area contributed by atoms with Crippen molar-refractivity contribution < 1.29 is 14.7 Å². The van der Waals surface area contributed by atoms with Crippen LogP contribution in [-0.2, 0) is 11.8 Å². The molecule has 0 radical (unpaired) electrons. The van der Waals surface area contributed by atoms with Crippen LogP contribution in [0.2, 0.25) is 0 Å². The maximum Gasteiger partial charge on any atom is 0.326 e. The van der Waals surface area contributed by atoms with Crippen molar-refractivity contribution in [2.75, 3.05) is 6.54 Å². The van der Waals surface area contributed by atoms with Gasteiger partial charge in [0.2, 0.25) is 0 Å². The Kier molecular flexibility index (Phi) is 3.79. The van der Waals surface area contributed by atoms with E-state index in [0.717, 1.165) is 18.5 Å². The lowest BCUT2D eigenvalue weighted by Gasteiger charge is -2.33. The topological polar surface area (TPSA) is 88.3 Å². The summed E-state index contributed by atoms with van der Waals surface area (Å²) in [7, 11) is 1.79. The van der Waals surface area contributed by atoms with Gasteiger partial charge in [0.05, 0.1) is 16.6 Å². The molecule has 0 saturated carbocycles. The second kappa shape index (κ2) is 5.64. The van der Waals surface area contributed by atoms with Crippen LogP contribution in [0.25, 0.3) is 11.0 Å². The Bertz CT molecular complexity index is 796. The number of rotatable bonds is 2. The zero-order chi connectivity index (χ0) is 16.7. The number of aromatic nitrogens is 3. The number of hydrogen-bond acceptors (Lipinski definition) is 4. The van der Waals surface area contributed by atoms with Gasteiger partial charge in [0.1, 0.15) is 6.04 Å². The maximum absolute atomic E-state index is 13.0. The molecule has 0 spiro atoms. The number of likely N-dealkylation sites (tertiary alicyclic amines) is 1. The summed E-state index contributed by atoms with van der Waals surface area (Å²) in [5.74, 6) is -1.19. The van der Waals surface area contributed by atoms with E-state index in [2.05, 4.69) is 10.1 Å². The van der Waals surface area contributed by atoms with Crippen LogP contribution in [0.1, 0.15) is 41.0 Å². The SMILES string of the molecule is Cc1cc(C(=O)N2CCCCC2C(=O)O)c2c(C)nn(C)c2n1. The van der Waals surface area contributed by atoms with Crippen molar-refractivity contribution in [2.24, 2.45) is 7.05 Å². The van der Waals surface area contributed by atoms with Gasteiger partial charge in [-0.25, -0.2) is 9.78 Å². The summed E-state index contributed by atoms with van der Waals surface area (Å²) >= 11 is 0. The number of aryl methyl sites for hydroxylation is 3. The molecule has 1 aliphatic rings. The molecule has 0 bridgehead atoms. The number of carbonyl (C=O) groups excluding carboxylic acids is 1. The van der Waals surface area contributed by atoms with Crippen LogP contribution in [-0.4, -0.2) is 49.2 Å². The molecule has 23 heavy (non-hydrogen) atoms. The second-order valence-electron chi connectivity index (χ2n) is 6.07. The van der Waals surface area contributed by atoms with E-state index < -0.39 is 12.0 Å². The van der Waals surface area contributed by atoms with Gasteiger partial charge in [0.15, 0.2) is 5.65 Å². The minimum atomic E-state index is -0.942. The highest BCUT2D eigenvalue weighted by Gasteiger charge is 2.33. The number of aliphatic carboxylic acids is 1. The van der Waals surface area contributed by atoms with E-state index in [0.29, 0.717) is 35.3 Å². The lowest BCUT2D eigenvalue weighted by atomic mass is 10.00. The highest BCUT2D eigenvalue weighted by molar-refractivity contribution is 6.07. The third kappa shape index (κ3) is 2.56. The van der Waals surface area contributed by atoms with Crippen molar-refractivity contribution >= 4 is 22.9 Å². The molecular weight excluding hydrogens is 296 g/mol. The van der Waals surface area contributed by atoms with Gasteiger partial charge >= 0.3 is 5.97 Å². The van der Waals surface area contributed by atoms with Crippen molar-refractivity contribution in [1.82, 2.24) is 19.7 Å². The zero-order valence-electron chi connectivity index (χ0n) is 13.5. The molecule has 1 N–H and O–H groups in total. The Morgan fingerprint density at radius 2 is 2.04 bits per heavy atom. The van der Waals surface area contributed by atoms with E-state index in [1.54, 1.807) is 17.8 Å². The molecule has 2 aromatic rings. The first-order chi connectivity index (χ1) is 10.9. The number of carboxylic acid groups (broad SMARTS) is 1. The van der Waals surface area contributed by atoms with Crippen LogP contribution in [0.5, 0.6) is 0 Å². The first-order valence-electron chi connectivity index (χ1n) is 7.75. The van der Waals surface area contributed by atoms with Crippen LogP contribution < -0.4 is 0 Å². The largest absolute Gasteiger partial charge is 0.480 e. The number of amides is 1. The van der Waals surface area contributed by atoms with Crippen LogP contribution in [0.15, 0.2) is 6.07 Å². The Morgan fingerprint density at radius 1 is 1.30 bits per heavy atom. The molecule has 1 unspecified atom stereocenters. The van der Waals surface area contributed by atoms with Crippen LogP contribution in [0, 0.1) is 13.8 Å². The van der Waals surface area contributed by atoms with Gasteiger partial charge in [-0.3, -0.25) is 9.48 Å². The molecule has 7 nitrogen and oxygen atoms in total. The van der Waals surface area contributed by atoms with E-state index in [-0.39, 0.29) is 5.91 Å². The fourth-order valence-electron chi connectivity index (χ4n) is 3.32. The first-order valence-corrected chi connectivity index (χ1v) is 7.75. The molecule has 3 rings (SSSR count). The molecule has 1 amide bonds. The minimum Gasteiger partial charge on any atom is -0.480 e. The molecule has 1 fully saturated rings. The molecule has 0 aliphatic carbocycles. The third-order valence-corrected chi connectivity index (χ3v) is 4.38. The van der Waals surface area contributed by atoms with Crippen molar-refractivity contribution in [3.63, 3.8) is 0 Å². The van der Waals surface area contributed by atoms with Crippen molar-refractivity contribution in [1.29, 1.82) is 0 Å². The van der Waals surface area contributed by atoms with Crippen LogP contribution >= 0.6 is 0 Å². The summed E-state index contributed by atoms with van der Waals surface area (Å²) in [6, 6.07) is 0.976. The fraction of sp³-hybridized carbons (Fsp3) is 0.500. The van der Waals surface area contributed by atoms with Gasteiger partial charge in [0.25, 0.3) is 5.91 Å². The van der Waals surface area contributed by atoms with Crippen molar-refractivity contribution in [3.05, 3.63) is 23.0 Å². The Labute approximate surface area is 133 Å². The van der Waals surface area contributed by atoms with Crippen molar-refractivity contribution in [3.8, 4) is 0 Å². The first kappa shape index (κ1) is 15.5. The fourth-order valence-corrected chi connectivity index (χ4v) is 3.32. The Morgan fingerprint density at radius 3 is 2.74 bits per heavy atom. The summed E-state index contributed by atoms with van der Waals surface area (Å²) in [4.78, 5) is 30.4. The molecular formula is C16H20N4O3. The van der Waals surface area contributed by atoms with Gasteiger partial charge in [-0.05, 0) is 39.2 Å². The third-order valence-electron chi connectivity index (χ3n) is 4.38. The number of piperidine rings is 1. The summed E-state index contributed by atoms with van der Waals surface area (Å²) < 4.78 is 1.65. The maximum atomic E-state index is 13.0. The van der Waals surface area contributed by atoms with E-state index in [9.17, 15) is 14.7 Å². The number of fused-ring (bicyclic) bond motifs is 1. The molecule has 1 aliphatic heterocycles. The Balaban J connectivity index is 2.12. The molecule has 1 saturated heterocycles. The number of carboxylic acids is 1. The van der Waals surface area contributed by atoms with Crippen LogP contribution in [0.4, 0.5) is 0 Å². The summed E-state index contributed by atoms with van der Waals surface area (Å²) in [6.45, 7) is 4.13. The average Bonchev–Trinajstić information content (AvgIpc) is 2.80. The highest BCUT2D eigenvalue weighted by Crippen LogP contribution is 2.26. The lowest BCUT2D eigenvalue weighted by Crippen LogP contribution is -2.48. The zero-order valence-corrected chi connectivity index (χ0v) is 13.5. The molecule has 122 valence electrons. The standard InChI is InChI=1S/C16H20N4O3/c1-9-8-11(13-10(2)18-19(3)14(13)17-9)15(21)20-7-5-4-6-12(20)16(22)23/h8,12H,4-7H2,1-3H3,(H,22,23).